The Morgan fingerprint density at radius 1 is 1.29 bits per heavy atom. The second-order valence-electron chi connectivity index (χ2n) is 9.47. The van der Waals surface area contributed by atoms with Crippen molar-refractivity contribution < 1.29 is 9.53 Å². The molecule has 28 heavy (non-hydrogen) atoms. The summed E-state index contributed by atoms with van der Waals surface area (Å²) < 4.78 is 5.74. The fourth-order valence-corrected chi connectivity index (χ4v) is 6.61. The lowest BCUT2D eigenvalue weighted by molar-refractivity contribution is -0.155. The summed E-state index contributed by atoms with van der Waals surface area (Å²) in [6.07, 6.45) is 13.5. The monoisotopic (exact) mass is 401 g/mol. The lowest BCUT2D eigenvalue weighted by Gasteiger charge is -2.55. The van der Waals surface area contributed by atoms with Crippen LogP contribution in [0.15, 0.2) is 28.9 Å². The standard InChI is InChI=1S/C22H31N3O2S/c1-13(26)27-19-7-6-17-16-5-4-14-12-15(24-25-20(23)28)8-10-21(14,2)18(16)9-11-22(17,19)3/h4-5,12,16-19H,6-11H2,1-3H3,(H3,23,25,28)/b24-15+/t16-,17-,18-,19+,21-,22-/m0/s1. The minimum atomic E-state index is -0.143. The first-order valence-electron chi connectivity index (χ1n) is 10.4. The molecule has 2 saturated carbocycles. The van der Waals surface area contributed by atoms with Crippen molar-refractivity contribution in [2.45, 2.75) is 65.4 Å². The molecule has 0 amide bonds. The van der Waals surface area contributed by atoms with Gasteiger partial charge in [-0.3, -0.25) is 10.2 Å². The first-order chi connectivity index (χ1) is 13.2. The number of nitrogens with one attached hydrogen (secondary N) is 1. The van der Waals surface area contributed by atoms with Crippen LogP contribution in [0, 0.1) is 28.6 Å². The maximum absolute atomic E-state index is 11.6. The number of thiocarbonyl (C=S) groups is 1. The number of ether oxygens (including phenoxy) is 1. The molecule has 0 spiro atoms. The van der Waals surface area contributed by atoms with Gasteiger partial charge in [0.1, 0.15) is 6.10 Å². The van der Waals surface area contributed by atoms with Crippen LogP contribution in [0.4, 0.5) is 0 Å². The van der Waals surface area contributed by atoms with Gasteiger partial charge in [-0.1, -0.05) is 26.0 Å². The normalized spacial score (nSPS) is 42.8. The van der Waals surface area contributed by atoms with Crippen LogP contribution in [0.25, 0.3) is 0 Å². The third-order valence-corrected chi connectivity index (χ3v) is 8.15. The second kappa shape index (κ2) is 6.97. The van der Waals surface area contributed by atoms with Crippen molar-refractivity contribution in [2.24, 2.45) is 39.4 Å². The molecule has 4 aliphatic carbocycles. The maximum Gasteiger partial charge on any atom is 0.302 e. The molecule has 6 atom stereocenters. The molecular formula is C22H31N3O2S. The Balaban J connectivity index is 1.61. The Morgan fingerprint density at radius 3 is 2.79 bits per heavy atom. The van der Waals surface area contributed by atoms with Crippen molar-refractivity contribution in [3.05, 3.63) is 23.8 Å². The molecule has 2 fully saturated rings. The van der Waals surface area contributed by atoms with Crippen molar-refractivity contribution in [3.63, 3.8) is 0 Å². The molecule has 0 saturated heterocycles. The fourth-order valence-electron chi connectivity index (χ4n) is 6.57. The number of nitrogens with two attached hydrogens (primary N) is 1. The van der Waals surface area contributed by atoms with Gasteiger partial charge in [0.25, 0.3) is 0 Å². The molecule has 0 radical (unpaired) electrons. The van der Waals surface area contributed by atoms with E-state index < -0.39 is 0 Å². The molecule has 0 aromatic heterocycles. The van der Waals surface area contributed by atoms with E-state index in [0.29, 0.717) is 17.8 Å². The van der Waals surface area contributed by atoms with Crippen molar-refractivity contribution in [2.75, 3.05) is 0 Å². The van der Waals surface area contributed by atoms with Crippen LogP contribution in [-0.4, -0.2) is 22.9 Å². The number of esters is 1. The summed E-state index contributed by atoms with van der Waals surface area (Å²) in [5, 5.41) is 4.55. The highest BCUT2D eigenvalue weighted by Crippen LogP contribution is 2.64. The summed E-state index contributed by atoms with van der Waals surface area (Å²) in [7, 11) is 0. The van der Waals surface area contributed by atoms with E-state index in [1.165, 1.54) is 18.9 Å². The molecular weight excluding hydrogens is 370 g/mol. The molecule has 0 unspecified atom stereocenters. The average Bonchev–Trinajstić information content (AvgIpc) is 2.95. The molecule has 152 valence electrons. The van der Waals surface area contributed by atoms with Gasteiger partial charge in [0.15, 0.2) is 5.11 Å². The van der Waals surface area contributed by atoms with Crippen LogP contribution in [0.2, 0.25) is 0 Å². The number of hydrogen-bond acceptors (Lipinski definition) is 4. The smallest absolute Gasteiger partial charge is 0.302 e. The molecule has 4 rings (SSSR count). The zero-order valence-corrected chi connectivity index (χ0v) is 17.8. The third kappa shape index (κ3) is 3.10. The van der Waals surface area contributed by atoms with Crippen molar-refractivity contribution in [1.29, 1.82) is 0 Å². The number of nitrogens with zero attached hydrogens (tertiary/aromatic N) is 1. The summed E-state index contributed by atoms with van der Waals surface area (Å²) in [5.41, 5.74) is 10.9. The van der Waals surface area contributed by atoms with E-state index in [1.807, 2.05) is 0 Å². The second-order valence-corrected chi connectivity index (χ2v) is 9.91. The molecule has 4 aliphatic rings. The van der Waals surface area contributed by atoms with E-state index >= 15 is 0 Å². The number of rotatable bonds is 2. The van der Waals surface area contributed by atoms with E-state index in [1.54, 1.807) is 0 Å². The Kier molecular flexibility index (Phi) is 4.89. The minimum Gasteiger partial charge on any atom is -0.462 e. The Bertz CT molecular complexity index is 789. The van der Waals surface area contributed by atoms with Gasteiger partial charge in [0.05, 0.1) is 5.71 Å². The summed E-state index contributed by atoms with van der Waals surface area (Å²) in [6.45, 7) is 6.32. The topological polar surface area (TPSA) is 76.7 Å². The third-order valence-electron chi connectivity index (χ3n) is 8.06. The van der Waals surface area contributed by atoms with Crippen LogP contribution in [-0.2, 0) is 9.53 Å². The quantitative estimate of drug-likeness (QED) is 0.418. The molecule has 0 bridgehead atoms. The number of allylic oxidation sites excluding steroid dienone is 4. The number of hydrazone groups is 1. The molecule has 6 heteroatoms. The van der Waals surface area contributed by atoms with E-state index in [-0.39, 0.29) is 28.0 Å². The van der Waals surface area contributed by atoms with Crippen LogP contribution in [0.1, 0.15) is 59.3 Å². The minimum absolute atomic E-state index is 0.0744. The molecule has 0 aromatic carbocycles. The predicted molar refractivity (Wildman–Crippen MR) is 115 cm³/mol. The fraction of sp³-hybridized carbons (Fsp3) is 0.682. The summed E-state index contributed by atoms with van der Waals surface area (Å²) in [4.78, 5) is 11.6. The van der Waals surface area contributed by atoms with E-state index in [2.05, 4.69) is 42.6 Å². The van der Waals surface area contributed by atoms with E-state index in [0.717, 1.165) is 37.8 Å². The highest BCUT2D eigenvalue weighted by Gasteiger charge is 2.58. The maximum atomic E-state index is 11.6. The molecule has 0 heterocycles. The Hall–Kier alpha value is -1.69. The summed E-state index contributed by atoms with van der Waals surface area (Å²) >= 11 is 4.86. The SMILES string of the molecule is CC(=O)O[C@@H]1CC[C@H]2[C@@H]3C=CC4=C/C(=N/NC(N)=S)CC[C@]4(C)[C@H]3CC[C@]12C. The van der Waals surface area contributed by atoms with Gasteiger partial charge >= 0.3 is 5.97 Å². The van der Waals surface area contributed by atoms with Crippen molar-refractivity contribution >= 4 is 29.0 Å². The Labute approximate surface area is 172 Å². The van der Waals surface area contributed by atoms with Crippen LogP contribution in [0.3, 0.4) is 0 Å². The van der Waals surface area contributed by atoms with Gasteiger partial charge in [-0.2, -0.15) is 5.10 Å². The highest BCUT2D eigenvalue weighted by atomic mass is 32.1. The molecule has 5 nitrogen and oxygen atoms in total. The largest absolute Gasteiger partial charge is 0.462 e. The van der Waals surface area contributed by atoms with Gasteiger partial charge in [0, 0.05) is 12.3 Å². The van der Waals surface area contributed by atoms with Crippen molar-refractivity contribution in [1.82, 2.24) is 5.43 Å². The number of fused-ring (bicyclic) bond motifs is 5. The summed E-state index contributed by atoms with van der Waals surface area (Å²) in [6, 6.07) is 0. The Morgan fingerprint density at radius 2 is 2.07 bits per heavy atom. The number of carbonyl (C=O) groups is 1. The predicted octanol–water partition coefficient (Wildman–Crippen LogP) is 3.85. The first kappa shape index (κ1) is 19.6. The van der Waals surface area contributed by atoms with E-state index in [9.17, 15) is 4.79 Å². The number of hydrogen-bond donors (Lipinski definition) is 2. The highest BCUT2D eigenvalue weighted by molar-refractivity contribution is 7.80. The lowest BCUT2D eigenvalue weighted by atomic mass is 9.49. The van der Waals surface area contributed by atoms with E-state index in [4.69, 9.17) is 22.7 Å². The van der Waals surface area contributed by atoms with Gasteiger partial charge in [-0.05, 0) is 85.6 Å². The average molecular weight is 402 g/mol. The van der Waals surface area contributed by atoms with Crippen LogP contribution >= 0.6 is 12.2 Å². The van der Waals surface area contributed by atoms with Crippen LogP contribution in [0.5, 0.6) is 0 Å². The van der Waals surface area contributed by atoms with Gasteiger partial charge in [-0.25, -0.2) is 0 Å². The molecule has 0 aromatic rings. The number of carbonyl (C=O) groups excluding carboxylic acids is 1. The molecule has 3 N–H and O–H groups in total. The zero-order chi connectivity index (χ0) is 20.1. The first-order valence-corrected chi connectivity index (χ1v) is 10.8. The van der Waals surface area contributed by atoms with Crippen LogP contribution < -0.4 is 11.2 Å². The van der Waals surface area contributed by atoms with Crippen molar-refractivity contribution in [3.8, 4) is 0 Å². The molecule has 0 aliphatic heterocycles. The summed E-state index contributed by atoms with van der Waals surface area (Å²) in [5.74, 6) is 1.66. The van der Waals surface area contributed by atoms with Gasteiger partial charge in [0.2, 0.25) is 0 Å². The lowest BCUT2D eigenvalue weighted by Crippen LogP contribution is -2.50. The zero-order valence-electron chi connectivity index (χ0n) is 17.0. The van der Waals surface area contributed by atoms with Gasteiger partial charge < -0.3 is 10.5 Å². The van der Waals surface area contributed by atoms with Gasteiger partial charge in [-0.15, -0.1) is 0 Å².